The van der Waals surface area contributed by atoms with Gasteiger partial charge < -0.3 is 9.64 Å². The van der Waals surface area contributed by atoms with E-state index in [4.69, 9.17) is 4.74 Å². The van der Waals surface area contributed by atoms with Crippen molar-refractivity contribution in [2.45, 2.75) is 6.18 Å². The van der Waals surface area contributed by atoms with E-state index in [1.807, 2.05) is 24.3 Å². The summed E-state index contributed by atoms with van der Waals surface area (Å²) in [4.78, 5) is 12.4. The number of morpholine rings is 1. The maximum atomic E-state index is 12.7. The summed E-state index contributed by atoms with van der Waals surface area (Å²) in [5, 5.41) is 14.9. The highest BCUT2D eigenvalue weighted by molar-refractivity contribution is 5.81. The van der Waals surface area contributed by atoms with Crippen LogP contribution in [0.15, 0.2) is 47.6 Å². The summed E-state index contributed by atoms with van der Waals surface area (Å²) in [5.74, 6) is 0. The molecule has 0 saturated carbocycles. The number of ether oxygens (including phenoxy) is 1. The lowest BCUT2D eigenvalue weighted by Crippen LogP contribution is -2.36. The quantitative estimate of drug-likeness (QED) is 0.473. The number of hydrazone groups is 1. The fourth-order valence-corrected chi connectivity index (χ4v) is 2.72. The highest BCUT2D eigenvalue weighted by atomic mass is 19.4. The van der Waals surface area contributed by atoms with Gasteiger partial charge in [-0.15, -0.1) is 0 Å². The Bertz CT molecular complexity index is 863. The summed E-state index contributed by atoms with van der Waals surface area (Å²) in [6.07, 6.45) is -3.22. The van der Waals surface area contributed by atoms with Crippen molar-refractivity contribution in [1.29, 1.82) is 0 Å². The van der Waals surface area contributed by atoms with Crippen molar-refractivity contribution in [3.8, 4) is 0 Å². The van der Waals surface area contributed by atoms with Crippen LogP contribution >= 0.6 is 0 Å². The zero-order valence-corrected chi connectivity index (χ0v) is 14.6. The van der Waals surface area contributed by atoms with Crippen LogP contribution in [-0.2, 0) is 10.9 Å². The van der Waals surface area contributed by atoms with E-state index >= 15 is 0 Å². The molecule has 7 nitrogen and oxygen atoms in total. The van der Waals surface area contributed by atoms with E-state index in [9.17, 15) is 23.3 Å². The summed E-state index contributed by atoms with van der Waals surface area (Å²) < 4.78 is 43.5. The van der Waals surface area contributed by atoms with Gasteiger partial charge in [0.05, 0.1) is 29.9 Å². The van der Waals surface area contributed by atoms with Gasteiger partial charge in [0.1, 0.15) is 5.69 Å². The lowest BCUT2D eigenvalue weighted by Gasteiger charge is -2.28. The van der Waals surface area contributed by atoms with Crippen molar-refractivity contribution in [3.63, 3.8) is 0 Å². The molecule has 1 saturated heterocycles. The molecule has 2 aromatic rings. The summed E-state index contributed by atoms with van der Waals surface area (Å²) in [6.45, 7) is 2.98. The number of halogens is 3. The van der Waals surface area contributed by atoms with Gasteiger partial charge in [-0.1, -0.05) is 12.1 Å². The van der Waals surface area contributed by atoms with Crippen molar-refractivity contribution in [2.24, 2.45) is 5.10 Å². The van der Waals surface area contributed by atoms with E-state index in [1.165, 1.54) is 6.21 Å². The lowest BCUT2D eigenvalue weighted by molar-refractivity contribution is -0.384. The van der Waals surface area contributed by atoms with Crippen LogP contribution in [0.25, 0.3) is 0 Å². The zero-order valence-electron chi connectivity index (χ0n) is 14.6. The Morgan fingerprint density at radius 1 is 1.14 bits per heavy atom. The molecule has 0 unspecified atom stereocenters. The number of nitro groups is 1. The molecule has 0 bridgehead atoms. The minimum Gasteiger partial charge on any atom is -0.378 e. The Kier molecular flexibility index (Phi) is 5.78. The van der Waals surface area contributed by atoms with Crippen LogP contribution in [0.3, 0.4) is 0 Å². The monoisotopic (exact) mass is 394 g/mol. The van der Waals surface area contributed by atoms with Crippen LogP contribution in [0.2, 0.25) is 0 Å². The van der Waals surface area contributed by atoms with Gasteiger partial charge >= 0.3 is 6.18 Å². The maximum Gasteiger partial charge on any atom is 0.416 e. The molecule has 1 fully saturated rings. The molecular formula is C18H17F3N4O3. The van der Waals surface area contributed by atoms with Gasteiger partial charge in [-0.3, -0.25) is 15.5 Å². The van der Waals surface area contributed by atoms with Crippen molar-refractivity contribution < 1.29 is 22.8 Å². The smallest absolute Gasteiger partial charge is 0.378 e. The van der Waals surface area contributed by atoms with Crippen molar-refractivity contribution in [1.82, 2.24) is 0 Å². The Hall–Kier alpha value is -3.14. The van der Waals surface area contributed by atoms with Crippen LogP contribution < -0.4 is 10.3 Å². The second-order valence-corrected chi connectivity index (χ2v) is 6.05. The van der Waals surface area contributed by atoms with Crippen LogP contribution in [0.5, 0.6) is 0 Å². The van der Waals surface area contributed by atoms with Crippen molar-refractivity contribution in [3.05, 3.63) is 63.7 Å². The number of nitrogens with one attached hydrogen (secondary N) is 1. The molecule has 0 atom stereocenters. The molecule has 1 aliphatic rings. The van der Waals surface area contributed by atoms with Gasteiger partial charge in [0.2, 0.25) is 0 Å². The zero-order chi connectivity index (χ0) is 20.1. The first-order valence-electron chi connectivity index (χ1n) is 8.42. The topological polar surface area (TPSA) is 80.0 Å². The highest BCUT2D eigenvalue weighted by Gasteiger charge is 2.33. The summed E-state index contributed by atoms with van der Waals surface area (Å²) in [5.41, 5.74) is 2.30. The van der Waals surface area contributed by atoms with Crippen LogP contribution in [0, 0.1) is 10.1 Å². The summed E-state index contributed by atoms with van der Waals surface area (Å²) in [7, 11) is 0. The predicted octanol–water partition coefficient (Wildman–Crippen LogP) is 3.90. The van der Waals surface area contributed by atoms with Gasteiger partial charge in [0.25, 0.3) is 5.69 Å². The molecule has 0 aliphatic carbocycles. The standard InChI is InChI=1S/C18H17F3N4O3/c19-18(20,21)14-3-6-16(17(11-14)25(26)27)23-22-12-13-1-4-15(5-2-13)24-7-9-28-10-8-24/h1-6,11-12,23H,7-10H2/b22-12-. The fraction of sp³-hybridized carbons (Fsp3) is 0.278. The number of nitrogens with zero attached hydrogens (tertiary/aromatic N) is 3. The molecule has 1 aliphatic heterocycles. The molecule has 148 valence electrons. The number of anilines is 2. The Labute approximate surface area is 158 Å². The molecular weight excluding hydrogens is 377 g/mol. The molecule has 0 amide bonds. The lowest BCUT2D eigenvalue weighted by atomic mass is 10.1. The highest BCUT2D eigenvalue weighted by Crippen LogP contribution is 2.34. The minimum absolute atomic E-state index is 0.126. The van der Waals surface area contributed by atoms with Gasteiger partial charge in [-0.05, 0) is 29.8 Å². The van der Waals surface area contributed by atoms with Crippen molar-refractivity contribution in [2.75, 3.05) is 36.6 Å². The SMILES string of the molecule is O=[N+]([O-])c1cc(C(F)(F)F)ccc1N/N=C\c1ccc(N2CCOCC2)cc1. The van der Waals surface area contributed by atoms with Gasteiger partial charge in [-0.25, -0.2) is 0 Å². The average Bonchev–Trinajstić information content (AvgIpc) is 2.68. The van der Waals surface area contributed by atoms with E-state index in [2.05, 4.69) is 15.4 Å². The summed E-state index contributed by atoms with van der Waals surface area (Å²) >= 11 is 0. The number of hydrogen-bond acceptors (Lipinski definition) is 6. The Balaban J connectivity index is 1.69. The van der Waals surface area contributed by atoms with E-state index in [-0.39, 0.29) is 5.69 Å². The Morgan fingerprint density at radius 3 is 2.43 bits per heavy atom. The van der Waals surface area contributed by atoms with E-state index in [1.54, 1.807) is 0 Å². The number of alkyl halides is 3. The Morgan fingerprint density at radius 2 is 1.82 bits per heavy atom. The normalized spacial score (nSPS) is 15.0. The molecule has 0 radical (unpaired) electrons. The number of hydrogen-bond donors (Lipinski definition) is 1. The van der Waals surface area contributed by atoms with Crippen molar-refractivity contribution >= 4 is 23.3 Å². The third kappa shape index (κ3) is 4.77. The van der Waals surface area contributed by atoms with Crippen LogP contribution in [0.4, 0.5) is 30.2 Å². The number of rotatable bonds is 5. The molecule has 0 spiro atoms. The molecule has 1 heterocycles. The average molecular weight is 394 g/mol. The predicted molar refractivity (Wildman–Crippen MR) is 98.8 cm³/mol. The molecule has 2 aromatic carbocycles. The molecule has 28 heavy (non-hydrogen) atoms. The maximum absolute atomic E-state index is 12.7. The van der Waals surface area contributed by atoms with E-state index < -0.39 is 22.4 Å². The molecule has 0 aromatic heterocycles. The van der Waals surface area contributed by atoms with E-state index in [0.29, 0.717) is 19.3 Å². The second-order valence-electron chi connectivity index (χ2n) is 6.05. The summed E-state index contributed by atoms with van der Waals surface area (Å²) in [6, 6.07) is 9.74. The molecule has 3 rings (SSSR count). The minimum atomic E-state index is -4.66. The van der Waals surface area contributed by atoms with Gasteiger partial charge in [-0.2, -0.15) is 18.3 Å². The first-order valence-corrected chi connectivity index (χ1v) is 8.42. The van der Waals surface area contributed by atoms with Gasteiger partial charge in [0, 0.05) is 24.8 Å². The molecule has 1 N–H and O–H groups in total. The number of nitro benzene ring substituents is 1. The van der Waals surface area contributed by atoms with Crippen LogP contribution in [-0.4, -0.2) is 37.4 Å². The van der Waals surface area contributed by atoms with Gasteiger partial charge in [0.15, 0.2) is 0 Å². The third-order valence-corrected chi connectivity index (χ3v) is 4.19. The largest absolute Gasteiger partial charge is 0.416 e. The fourth-order valence-electron chi connectivity index (χ4n) is 2.72. The number of benzene rings is 2. The molecule has 10 heteroatoms. The third-order valence-electron chi connectivity index (χ3n) is 4.19. The first kappa shape index (κ1) is 19.6. The van der Waals surface area contributed by atoms with Crippen LogP contribution in [0.1, 0.15) is 11.1 Å². The van der Waals surface area contributed by atoms with E-state index in [0.717, 1.165) is 36.5 Å². The first-order chi connectivity index (χ1) is 13.3. The second kappa shape index (κ2) is 8.26.